The molecule has 0 aliphatic rings. The molecule has 0 bridgehead atoms. The molecule has 1 radical (unpaired) electrons. The third-order valence-corrected chi connectivity index (χ3v) is 2.20. The summed E-state index contributed by atoms with van der Waals surface area (Å²) in [4.78, 5) is 9.87. The van der Waals surface area contributed by atoms with Crippen molar-refractivity contribution < 1.29 is 26.4 Å². The quantitative estimate of drug-likeness (QED) is 0.637. The first-order chi connectivity index (χ1) is 5.12. The van der Waals surface area contributed by atoms with Gasteiger partial charge in [-0.25, -0.2) is 8.42 Å². The molecule has 0 aliphatic heterocycles. The van der Waals surface area contributed by atoms with Crippen LogP contribution in [0.5, 0.6) is 0 Å². The molecule has 0 aromatic rings. The number of hydrogen-bond acceptors (Lipinski definition) is 3. The highest BCUT2D eigenvalue weighted by Crippen LogP contribution is 2.17. The maximum Gasteiger partial charge on any atom is 0.402 e. The molecule has 71 valence electrons. The Morgan fingerprint density at radius 3 is 2.00 bits per heavy atom. The van der Waals surface area contributed by atoms with Crippen molar-refractivity contribution in [3.8, 4) is 0 Å². The van der Waals surface area contributed by atoms with Crippen LogP contribution in [0.2, 0.25) is 0 Å². The fourth-order valence-electron chi connectivity index (χ4n) is 0.500. The molecule has 0 aromatic carbocycles. The maximum absolute atomic E-state index is 11.4. The van der Waals surface area contributed by atoms with E-state index < -0.39 is 33.4 Å². The zero-order valence-electron chi connectivity index (χ0n) is 5.68. The highest BCUT2D eigenvalue weighted by molar-refractivity contribution is 7.92. The molecule has 0 heterocycles. The third-order valence-electron chi connectivity index (χ3n) is 0.735. The average Bonchev–Trinajstić information content (AvgIpc) is 1.48. The molecule has 0 atom stereocenters. The normalized spacial score (nSPS) is 12.9. The molecule has 0 saturated carbocycles. The molecule has 0 aliphatic carbocycles. The lowest BCUT2D eigenvalue weighted by atomic mass is 10.8. The molecule has 0 saturated heterocycles. The minimum Gasteiger partial charge on any atom is -0.272 e. The maximum atomic E-state index is 11.4. The van der Waals surface area contributed by atoms with Crippen LogP contribution in [0.25, 0.3) is 0 Å². The first-order valence-corrected chi connectivity index (χ1v) is 4.46. The van der Waals surface area contributed by atoms with E-state index in [4.69, 9.17) is 5.73 Å². The summed E-state index contributed by atoms with van der Waals surface area (Å²) in [5.41, 5.74) is 6.16. The molecular formula is C4H5F3NO3S. The number of hydrogen-bond donors (Lipinski definition) is 0. The lowest BCUT2D eigenvalue weighted by Crippen LogP contribution is -2.28. The van der Waals surface area contributed by atoms with Gasteiger partial charge in [0.05, 0.1) is 0 Å². The van der Waals surface area contributed by atoms with E-state index in [2.05, 4.69) is 0 Å². The Bertz CT molecular complexity index is 268. The molecular weight excluding hydrogens is 199 g/mol. The number of sulfone groups is 1. The molecule has 4 nitrogen and oxygen atoms in total. The van der Waals surface area contributed by atoms with Crippen molar-refractivity contribution in [2.45, 2.75) is 6.18 Å². The zero-order chi connectivity index (χ0) is 9.99. The lowest BCUT2D eigenvalue weighted by molar-refractivity contribution is -0.116. The topological polar surface area (TPSA) is 75.0 Å². The second kappa shape index (κ2) is 3.30. The van der Waals surface area contributed by atoms with Gasteiger partial charge in [-0.2, -0.15) is 13.2 Å². The van der Waals surface area contributed by atoms with E-state index in [0.717, 1.165) is 0 Å². The highest BCUT2D eigenvalue weighted by atomic mass is 32.2. The number of carbonyl (C=O) groups excluding carboxylic acids is 1. The molecule has 1 amide bonds. The Balaban J connectivity index is 4.36. The van der Waals surface area contributed by atoms with Gasteiger partial charge in [-0.1, -0.05) is 0 Å². The molecule has 8 heteroatoms. The van der Waals surface area contributed by atoms with E-state index in [9.17, 15) is 26.4 Å². The van der Waals surface area contributed by atoms with Crippen LogP contribution in [-0.4, -0.2) is 32.0 Å². The summed E-state index contributed by atoms with van der Waals surface area (Å²) in [6.07, 6.45) is -4.85. The van der Waals surface area contributed by atoms with Gasteiger partial charge in [0.15, 0.2) is 9.84 Å². The lowest BCUT2D eigenvalue weighted by Gasteiger charge is -2.04. The molecule has 0 unspecified atom stereocenters. The smallest absolute Gasteiger partial charge is 0.272 e. The average molecular weight is 204 g/mol. The van der Waals surface area contributed by atoms with Crippen LogP contribution >= 0.6 is 0 Å². The number of carbonyl (C=O) groups is 1. The Morgan fingerprint density at radius 2 is 1.75 bits per heavy atom. The summed E-state index contributed by atoms with van der Waals surface area (Å²) in [6.45, 7) is 0. The van der Waals surface area contributed by atoms with Crippen LogP contribution in [-0.2, 0) is 14.6 Å². The second-order valence-electron chi connectivity index (χ2n) is 2.07. The van der Waals surface area contributed by atoms with Crippen LogP contribution in [0.3, 0.4) is 0 Å². The van der Waals surface area contributed by atoms with E-state index in [0.29, 0.717) is 0 Å². The fourth-order valence-corrected chi connectivity index (χ4v) is 1.50. The van der Waals surface area contributed by atoms with Crippen molar-refractivity contribution in [2.24, 2.45) is 0 Å². The highest BCUT2D eigenvalue weighted by Gasteiger charge is 2.35. The van der Waals surface area contributed by atoms with Crippen molar-refractivity contribution in [3.63, 3.8) is 0 Å². The molecule has 0 rings (SSSR count). The number of amides is 1. The van der Waals surface area contributed by atoms with Crippen molar-refractivity contribution in [1.29, 1.82) is 0 Å². The molecule has 12 heavy (non-hydrogen) atoms. The van der Waals surface area contributed by atoms with Gasteiger partial charge in [-0.15, -0.1) is 0 Å². The first-order valence-electron chi connectivity index (χ1n) is 2.64. The molecule has 1 N–H and O–H groups in total. The number of alkyl halides is 3. The van der Waals surface area contributed by atoms with Crippen molar-refractivity contribution in [2.75, 3.05) is 11.5 Å². The van der Waals surface area contributed by atoms with Crippen LogP contribution in [0.15, 0.2) is 0 Å². The van der Waals surface area contributed by atoms with Gasteiger partial charge in [-0.3, -0.25) is 10.5 Å². The van der Waals surface area contributed by atoms with Crippen LogP contribution < -0.4 is 5.73 Å². The van der Waals surface area contributed by atoms with E-state index in [-0.39, 0.29) is 0 Å². The Hall–Kier alpha value is -0.790. The van der Waals surface area contributed by atoms with Gasteiger partial charge in [0, 0.05) is 0 Å². The predicted octanol–water partition coefficient (Wildman–Crippen LogP) is -0.227. The second-order valence-corrected chi connectivity index (χ2v) is 4.14. The van der Waals surface area contributed by atoms with E-state index in [1.165, 1.54) is 0 Å². The van der Waals surface area contributed by atoms with Crippen LogP contribution in [0.4, 0.5) is 13.2 Å². The molecule has 0 spiro atoms. The summed E-state index contributed by atoms with van der Waals surface area (Å²) in [5.74, 6) is -4.98. The zero-order valence-corrected chi connectivity index (χ0v) is 6.50. The SMILES string of the molecule is [NH]C(=O)CS(=O)(=O)CC(F)(F)F. The van der Waals surface area contributed by atoms with Gasteiger partial charge in [-0.05, 0) is 0 Å². The summed E-state index contributed by atoms with van der Waals surface area (Å²) >= 11 is 0. The number of nitrogens with one attached hydrogen (secondary N) is 1. The summed E-state index contributed by atoms with van der Waals surface area (Å²) in [5, 5.41) is 0. The van der Waals surface area contributed by atoms with Crippen molar-refractivity contribution in [3.05, 3.63) is 0 Å². The summed E-state index contributed by atoms with van der Waals surface area (Å²) in [7, 11) is -4.50. The molecule has 0 fully saturated rings. The fraction of sp³-hybridized carbons (Fsp3) is 0.750. The number of rotatable bonds is 3. The van der Waals surface area contributed by atoms with Gasteiger partial charge in [0.2, 0.25) is 0 Å². The number of halogens is 3. The summed E-state index contributed by atoms with van der Waals surface area (Å²) in [6, 6.07) is 0. The standard InChI is InChI=1S/C4H5F3NO3S/c5-4(6,7)2-12(10,11)1-3(8)9/h8H,1-2H2. The van der Waals surface area contributed by atoms with E-state index in [1.54, 1.807) is 0 Å². The van der Waals surface area contributed by atoms with E-state index >= 15 is 0 Å². The minimum absolute atomic E-state index is 1.38. The largest absolute Gasteiger partial charge is 0.402 e. The van der Waals surface area contributed by atoms with Gasteiger partial charge in [0.1, 0.15) is 11.5 Å². The van der Waals surface area contributed by atoms with E-state index in [1.807, 2.05) is 0 Å². The van der Waals surface area contributed by atoms with Crippen LogP contribution in [0.1, 0.15) is 0 Å². The molecule has 0 aromatic heterocycles. The minimum atomic E-state index is -4.85. The third kappa shape index (κ3) is 5.96. The predicted molar refractivity (Wildman–Crippen MR) is 32.8 cm³/mol. The van der Waals surface area contributed by atoms with Crippen LogP contribution in [0, 0.1) is 0 Å². The van der Waals surface area contributed by atoms with Crippen molar-refractivity contribution >= 4 is 15.7 Å². The van der Waals surface area contributed by atoms with Crippen molar-refractivity contribution in [1.82, 2.24) is 5.73 Å². The Labute approximate surface area is 66.5 Å². The Morgan fingerprint density at radius 1 is 1.33 bits per heavy atom. The van der Waals surface area contributed by atoms with Gasteiger partial charge in [0.25, 0.3) is 5.91 Å². The Kier molecular flexibility index (Phi) is 3.08. The summed E-state index contributed by atoms with van der Waals surface area (Å²) < 4.78 is 55.1. The van der Waals surface area contributed by atoms with Gasteiger partial charge < -0.3 is 0 Å². The first kappa shape index (κ1) is 11.2. The van der Waals surface area contributed by atoms with Gasteiger partial charge >= 0.3 is 6.18 Å². The monoisotopic (exact) mass is 204 g/mol.